The summed E-state index contributed by atoms with van der Waals surface area (Å²) in [5.74, 6) is 0.395. The van der Waals surface area contributed by atoms with Crippen LogP contribution in [0, 0.1) is 0 Å². The molecule has 140 valence electrons. The van der Waals surface area contributed by atoms with E-state index in [0.717, 1.165) is 23.9 Å². The predicted molar refractivity (Wildman–Crippen MR) is 99.3 cm³/mol. The van der Waals surface area contributed by atoms with Crippen molar-refractivity contribution in [1.29, 1.82) is 0 Å². The zero-order valence-corrected chi connectivity index (χ0v) is 17.4. The van der Waals surface area contributed by atoms with Gasteiger partial charge in [-0.3, -0.25) is 4.79 Å². The molecule has 5 nitrogen and oxygen atoms in total. The Morgan fingerprint density at radius 2 is 1.81 bits per heavy atom. The quantitative estimate of drug-likeness (QED) is 0.248. The molecule has 0 bridgehead atoms. The second-order valence-electron chi connectivity index (χ2n) is 7.31. The molecule has 0 aliphatic heterocycles. The van der Waals surface area contributed by atoms with Gasteiger partial charge < -0.3 is 42.7 Å². The van der Waals surface area contributed by atoms with Crippen molar-refractivity contribution in [3.8, 4) is 11.5 Å². The molecular weight excluding hydrogens is 445 g/mol. The zero-order chi connectivity index (χ0) is 18.0. The Balaban J connectivity index is 0.00000243. The lowest BCUT2D eigenvalue weighted by Gasteiger charge is -2.23. The maximum Gasteiger partial charge on any atom is 0.204 e. The molecule has 0 spiro atoms. The molecule has 0 radical (unpaired) electrons. The molecule has 0 amide bonds. The molecule has 2 aromatic carbocycles. The molecule has 0 atom stereocenters. The first-order valence-corrected chi connectivity index (χ1v) is 8.47. The van der Waals surface area contributed by atoms with Crippen LogP contribution in [0.3, 0.4) is 0 Å². The van der Waals surface area contributed by atoms with Crippen LogP contribution in [0.1, 0.15) is 12.8 Å². The SMILES string of the molecule is C[N+](C)(C)CCCCOc1cc(O)c2c(=O)c3ccccc3oc2c1.[I-]. The number of quaternary nitrogens is 1. The van der Waals surface area contributed by atoms with E-state index >= 15 is 0 Å². The highest BCUT2D eigenvalue weighted by molar-refractivity contribution is 5.93. The number of unbranched alkanes of at least 4 members (excludes halogenated alkanes) is 1. The summed E-state index contributed by atoms with van der Waals surface area (Å²) in [5, 5.41) is 10.9. The van der Waals surface area contributed by atoms with Gasteiger partial charge in [0.05, 0.1) is 39.7 Å². The van der Waals surface area contributed by atoms with Gasteiger partial charge in [0.15, 0.2) is 0 Å². The smallest absolute Gasteiger partial charge is 0.204 e. The van der Waals surface area contributed by atoms with Crippen LogP contribution in [0.2, 0.25) is 0 Å². The fourth-order valence-electron chi connectivity index (χ4n) is 2.84. The van der Waals surface area contributed by atoms with E-state index in [0.29, 0.717) is 28.9 Å². The number of hydrogen-bond donors (Lipinski definition) is 1. The van der Waals surface area contributed by atoms with Gasteiger partial charge >= 0.3 is 0 Å². The van der Waals surface area contributed by atoms with Gasteiger partial charge in [-0.1, -0.05) is 12.1 Å². The van der Waals surface area contributed by atoms with Crippen LogP contribution in [0.5, 0.6) is 11.5 Å². The maximum atomic E-state index is 12.6. The van der Waals surface area contributed by atoms with Crippen molar-refractivity contribution in [2.75, 3.05) is 34.3 Å². The highest BCUT2D eigenvalue weighted by Gasteiger charge is 2.13. The Hall–Kier alpha value is -1.80. The first-order valence-electron chi connectivity index (χ1n) is 8.47. The minimum absolute atomic E-state index is 0. The summed E-state index contributed by atoms with van der Waals surface area (Å²) in [6, 6.07) is 10.2. The van der Waals surface area contributed by atoms with Crippen LogP contribution >= 0.6 is 0 Å². The molecule has 0 unspecified atom stereocenters. The first kappa shape index (κ1) is 20.5. The van der Waals surface area contributed by atoms with Gasteiger partial charge in [-0.2, -0.15) is 0 Å². The number of phenols is 1. The molecular formula is C20H24INO4. The number of ether oxygens (including phenoxy) is 1. The number of para-hydroxylation sites is 1. The maximum absolute atomic E-state index is 12.6. The second-order valence-corrected chi connectivity index (χ2v) is 7.31. The molecule has 1 aromatic heterocycles. The van der Waals surface area contributed by atoms with Crippen LogP contribution in [0.4, 0.5) is 0 Å². The van der Waals surface area contributed by atoms with Crippen molar-refractivity contribution in [2.24, 2.45) is 0 Å². The van der Waals surface area contributed by atoms with Gasteiger partial charge in [0, 0.05) is 12.1 Å². The van der Waals surface area contributed by atoms with Crippen molar-refractivity contribution in [2.45, 2.75) is 12.8 Å². The van der Waals surface area contributed by atoms with E-state index in [9.17, 15) is 9.90 Å². The standard InChI is InChI=1S/C20H23NO4.HI/c1-21(2,3)10-6-7-11-24-14-12-16(22)19-18(13-14)25-17-9-5-4-8-15(17)20(19)23;/h4-5,8-9,12-13H,6-7,10-11H2,1-3H3;1H. The lowest BCUT2D eigenvalue weighted by molar-refractivity contribution is -0.870. The average Bonchev–Trinajstić information content (AvgIpc) is 2.53. The Morgan fingerprint density at radius 1 is 1.08 bits per heavy atom. The number of halogens is 1. The molecule has 0 aliphatic rings. The van der Waals surface area contributed by atoms with Gasteiger partial charge in [-0.25, -0.2) is 0 Å². The largest absolute Gasteiger partial charge is 1.00 e. The molecule has 0 saturated heterocycles. The van der Waals surface area contributed by atoms with E-state index in [4.69, 9.17) is 9.15 Å². The van der Waals surface area contributed by atoms with Crippen molar-refractivity contribution in [3.05, 3.63) is 46.6 Å². The summed E-state index contributed by atoms with van der Waals surface area (Å²) in [5.41, 5.74) is 0.605. The lowest BCUT2D eigenvalue weighted by atomic mass is 10.1. The minimum atomic E-state index is -0.233. The van der Waals surface area contributed by atoms with Crippen LogP contribution in [-0.4, -0.2) is 43.9 Å². The molecule has 0 saturated carbocycles. The van der Waals surface area contributed by atoms with Crippen LogP contribution in [0.15, 0.2) is 45.6 Å². The molecule has 1 heterocycles. The Morgan fingerprint density at radius 3 is 2.54 bits per heavy atom. The van der Waals surface area contributed by atoms with E-state index in [2.05, 4.69) is 21.1 Å². The molecule has 1 N–H and O–H groups in total. The minimum Gasteiger partial charge on any atom is -1.00 e. The number of hydrogen-bond acceptors (Lipinski definition) is 4. The number of fused-ring (bicyclic) bond motifs is 2. The van der Waals surface area contributed by atoms with Crippen molar-refractivity contribution >= 4 is 21.9 Å². The number of rotatable bonds is 6. The van der Waals surface area contributed by atoms with Crippen molar-refractivity contribution in [3.63, 3.8) is 0 Å². The third-order valence-corrected chi connectivity index (χ3v) is 4.13. The zero-order valence-electron chi connectivity index (χ0n) is 15.3. The topological polar surface area (TPSA) is 59.7 Å². The average molecular weight is 469 g/mol. The Bertz CT molecular complexity index is 960. The number of benzene rings is 2. The fraction of sp³-hybridized carbons (Fsp3) is 0.350. The van der Waals surface area contributed by atoms with E-state index in [1.165, 1.54) is 6.07 Å². The summed E-state index contributed by atoms with van der Waals surface area (Å²) in [6.45, 7) is 1.63. The highest BCUT2D eigenvalue weighted by Crippen LogP contribution is 2.30. The van der Waals surface area contributed by atoms with Crippen LogP contribution in [-0.2, 0) is 0 Å². The van der Waals surface area contributed by atoms with Crippen molar-refractivity contribution < 1.29 is 42.7 Å². The molecule has 6 heteroatoms. The fourth-order valence-corrected chi connectivity index (χ4v) is 2.84. The molecule has 0 aliphatic carbocycles. The van der Waals surface area contributed by atoms with E-state index in [1.54, 1.807) is 24.3 Å². The number of nitrogens with zero attached hydrogens (tertiary/aromatic N) is 1. The summed E-state index contributed by atoms with van der Waals surface area (Å²) in [6.07, 6.45) is 1.98. The predicted octanol–water partition coefficient (Wildman–Crippen LogP) is 0.521. The molecule has 3 aromatic rings. The van der Waals surface area contributed by atoms with Gasteiger partial charge in [0.2, 0.25) is 5.43 Å². The molecule has 0 fully saturated rings. The normalized spacial score (nSPS) is 11.5. The summed E-state index contributed by atoms with van der Waals surface area (Å²) < 4.78 is 12.4. The summed E-state index contributed by atoms with van der Waals surface area (Å²) in [4.78, 5) is 12.6. The Labute approximate surface area is 169 Å². The van der Waals surface area contributed by atoms with E-state index in [-0.39, 0.29) is 40.5 Å². The second kappa shape index (κ2) is 8.26. The van der Waals surface area contributed by atoms with E-state index < -0.39 is 0 Å². The Kier molecular flexibility index (Phi) is 6.52. The highest BCUT2D eigenvalue weighted by atomic mass is 127. The van der Waals surface area contributed by atoms with Gasteiger partial charge in [-0.05, 0) is 25.0 Å². The molecule has 3 rings (SSSR count). The first-order chi connectivity index (χ1) is 11.8. The van der Waals surface area contributed by atoms with Crippen LogP contribution in [0.25, 0.3) is 21.9 Å². The van der Waals surface area contributed by atoms with Crippen molar-refractivity contribution in [1.82, 2.24) is 0 Å². The van der Waals surface area contributed by atoms with Gasteiger partial charge in [0.25, 0.3) is 0 Å². The number of phenolic OH excluding ortho intramolecular Hbond substituents is 1. The molecule has 26 heavy (non-hydrogen) atoms. The third kappa shape index (κ3) is 4.67. The third-order valence-electron chi connectivity index (χ3n) is 4.13. The summed E-state index contributed by atoms with van der Waals surface area (Å²) >= 11 is 0. The van der Waals surface area contributed by atoms with Gasteiger partial charge in [-0.15, -0.1) is 0 Å². The van der Waals surface area contributed by atoms with Gasteiger partial charge in [0.1, 0.15) is 28.1 Å². The summed E-state index contributed by atoms with van der Waals surface area (Å²) in [7, 11) is 6.48. The number of aromatic hydroxyl groups is 1. The van der Waals surface area contributed by atoms with Crippen LogP contribution < -0.4 is 34.1 Å². The van der Waals surface area contributed by atoms with E-state index in [1.807, 2.05) is 6.07 Å². The monoisotopic (exact) mass is 469 g/mol. The lowest BCUT2D eigenvalue weighted by Crippen LogP contribution is -3.00.